The van der Waals surface area contributed by atoms with Gasteiger partial charge in [-0.1, -0.05) is 11.8 Å². The summed E-state index contributed by atoms with van der Waals surface area (Å²) in [6, 6.07) is 4.39. The first-order valence-corrected chi connectivity index (χ1v) is 9.05. The minimum Gasteiger partial charge on any atom is -0.335 e. The van der Waals surface area contributed by atoms with Crippen LogP contribution in [0.3, 0.4) is 0 Å². The molecule has 1 saturated carbocycles. The average Bonchev–Trinajstić information content (AvgIpc) is 3.35. The van der Waals surface area contributed by atoms with Gasteiger partial charge in [0.25, 0.3) is 0 Å². The van der Waals surface area contributed by atoms with Crippen LogP contribution in [0.5, 0.6) is 0 Å². The van der Waals surface area contributed by atoms with Crippen molar-refractivity contribution >= 4 is 22.8 Å². The molecule has 6 heteroatoms. The second kappa shape index (κ2) is 6.35. The molecule has 0 bridgehead atoms. The van der Waals surface area contributed by atoms with Gasteiger partial charge in [0.15, 0.2) is 5.17 Å². The van der Waals surface area contributed by atoms with Crippen LogP contribution in [0.4, 0.5) is 0 Å². The molecule has 0 spiro atoms. The Balaban J connectivity index is 1.44. The Morgan fingerprint density at radius 2 is 2.17 bits per heavy atom. The number of thioether (sulfide) groups is 1. The fraction of sp³-hybridized carbons (Fsp3) is 0.471. The van der Waals surface area contributed by atoms with Crippen molar-refractivity contribution in [1.82, 2.24) is 14.8 Å². The fourth-order valence-electron chi connectivity index (χ4n) is 3.02. The molecule has 1 fully saturated rings. The van der Waals surface area contributed by atoms with E-state index >= 15 is 0 Å². The lowest BCUT2D eigenvalue weighted by atomic mass is 10.2. The number of pyridine rings is 1. The van der Waals surface area contributed by atoms with E-state index < -0.39 is 0 Å². The van der Waals surface area contributed by atoms with E-state index in [1.54, 1.807) is 24.2 Å². The molecule has 1 aliphatic carbocycles. The van der Waals surface area contributed by atoms with E-state index in [1.165, 1.54) is 0 Å². The lowest BCUT2D eigenvalue weighted by molar-refractivity contribution is -0.131. The molecular formula is C17H20N4OS. The zero-order valence-corrected chi connectivity index (χ0v) is 13.8. The summed E-state index contributed by atoms with van der Waals surface area (Å²) < 4.78 is 0. The van der Waals surface area contributed by atoms with Crippen LogP contribution in [0, 0.1) is 0 Å². The highest BCUT2D eigenvalue weighted by Crippen LogP contribution is 2.33. The van der Waals surface area contributed by atoms with Gasteiger partial charge in [-0.2, -0.15) is 0 Å². The molecule has 4 rings (SSSR count). The van der Waals surface area contributed by atoms with E-state index in [2.05, 4.69) is 20.3 Å². The maximum Gasteiger partial charge on any atom is 0.229 e. The van der Waals surface area contributed by atoms with Crippen LogP contribution < -0.4 is 0 Å². The zero-order chi connectivity index (χ0) is 15.6. The first-order valence-electron chi connectivity index (χ1n) is 8.17. The number of rotatable bonds is 5. The molecule has 0 saturated heterocycles. The molecule has 1 aromatic heterocycles. The van der Waals surface area contributed by atoms with E-state index in [0.717, 1.165) is 48.8 Å². The molecular weight excluding hydrogens is 308 g/mol. The highest BCUT2D eigenvalue weighted by molar-refractivity contribution is 8.16. The monoisotopic (exact) mass is 328 g/mol. The molecule has 3 heterocycles. The maximum atomic E-state index is 12.9. The summed E-state index contributed by atoms with van der Waals surface area (Å²) in [6.07, 6.45) is 7.38. The summed E-state index contributed by atoms with van der Waals surface area (Å²) in [4.78, 5) is 25.7. The van der Waals surface area contributed by atoms with Gasteiger partial charge in [-0.15, -0.1) is 0 Å². The normalized spacial score (nSPS) is 19.9. The summed E-state index contributed by atoms with van der Waals surface area (Å²) >= 11 is 1.65. The van der Waals surface area contributed by atoms with Crippen LogP contribution in [0.1, 0.15) is 31.2 Å². The predicted molar refractivity (Wildman–Crippen MR) is 91.7 cm³/mol. The van der Waals surface area contributed by atoms with Gasteiger partial charge in [0.1, 0.15) is 0 Å². The van der Waals surface area contributed by atoms with E-state index in [-0.39, 0.29) is 5.91 Å². The van der Waals surface area contributed by atoms with Crippen molar-refractivity contribution in [2.75, 3.05) is 13.1 Å². The van der Waals surface area contributed by atoms with Gasteiger partial charge >= 0.3 is 0 Å². The van der Waals surface area contributed by atoms with Crippen molar-refractivity contribution in [3.63, 3.8) is 0 Å². The number of aliphatic imine (C=N–C) groups is 1. The number of aromatic nitrogens is 1. The second-order valence-corrected chi connectivity index (χ2v) is 7.02. The molecule has 120 valence electrons. The minimum absolute atomic E-state index is 0.225. The number of fused-ring (bicyclic) bond motifs is 1. The summed E-state index contributed by atoms with van der Waals surface area (Å²) in [6.45, 7) is 2.58. The Morgan fingerprint density at radius 3 is 2.96 bits per heavy atom. The molecule has 2 aliphatic heterocycles. The van der Waals surface area contributed by atoms with Crippen LogP contribution in [-0.2, 0) is 11.3 Å². The number of hydrogen-bond donors (Lipinski definition) is 0. The lowest BCUT2D eigenvalue weighted by Gasteiger charge is -2.27. The first-order chi connectivity index (χ1) is 11.3. The number of amides is 1. The Kier molecular flexibility index (Phi) is 4.08. The first kappa shape index (κ1) is 14.8. The van der Waals surface area contributed by atoms with E-state index in [4.69, 9.17) is 0 Å². The standard InChI is InChI=1S/C17H20N4OS/c22-16(10-15-12-23-17-19-6-1-9-20(15)17)21(14-2-3-14)11-13-4-7-18-8-5-13/h4-5,7-8,12,14H,1-3,6,9-11H2. The molecule has 0 unspecified atom stereocenters. The highest BCUT2D eigenvalue weighted by Gasteiger charge is 2.34. The van der Waals surface area contributed by atoms with Crippen molar-refractivity contribution < 1.29 is 4.79 Å². The van der Waals surface area contributed by atoms with Crippen molar-refractivity contribution in [1.29, 1.82) is 0 Å². The van der Waals surface area contributed by atoms with Gasteiger partial charge in [-0.05, 0) is 42.4 Å². The number of nitrogens with zero attached hydrogens (tertiary/aromatic N) is 4. The highest BCUT2D eigenvalue weighted by atomic mass is 32.2. The van der Waals surface area contributed by atoms with Crippen LogP contribution in [0.2, 0.25) is 0 Å². The summed E-state index contributed by atoms with van der Waals surface area (Å²) in [7, 11) is 0. The fourth-order valence-corrected chi connectivity index (χ4v) is 3.98. The molecule has 23 heavy (non-hydrogen) atoms. The van der Waals surface area contributed by atoms with Gasteiger partial charge in [-0.25, -0.2) is 0 Å². The quantitative estimate of drug-likeness (QED) is 0.834. The second-order valence-electron chi connectivity index (χ2n) is 6.18. The van der Waals surface area contributed by atoms with Gasteiger partial charge < -0.3 is 9.80 Å². The van der Waals surface area contributed by atoms with E-state index in [9.17, 15) is 4.79 Å². The zero-order valence-electron chi connectivity index (χ0n) is 13.0. The third kappa shape index (κ3) is 3.27. The molecule has 0 atom stereocenters. The molecule has 0 N–H and O–H groups in total. The van der Waals surface area contributed by atoms with Crippen molar-refractivity contribution in [2.45, 2.75) is 38.3 Å². The maximum absolute atomic E-state index is 12.9. The Morgan fingerprint density at radius 1 is 1.35 bits per heavy atom. The molecule has 0 aromatic carbocycles. The summed E-state index contributed by atoms with van der Waals surface area (Å²) in [5.74, 6) is 0.225. The molecule has 3 aliphatic rings. The van der Waals surface area contributed by atoms with E-state index in [1.807, 2.05) is 17.0 Å². The molecule has 0 radical (unpaired) electrons. The Bertz CT molecular complexity index is 654. The number of amidine groups is 1. The number of hydrogen-bond acceptors (Lipinski definition) is 5. The molecule has 1 aromatic rings. The Hall–Kier alpha value is -1.82. The summed E-state index contributed by atoms with van der Waals surface area (Å²) in [5, 5.41) is 3.16. The van der Waals surface area contributed by atoms with Crippen LogP contribution in [0.15, 0.2) is 40.6 Å². The average molecular weight is 328 g/mol. The number of carbonyl (C=O) groups is 1. The molecule has 1 amide bonds. The molecule has 5 nitrogen and oxygen atoms in total. The van der Waals surface area contributed by atoms with Gasteiger partial charge in [0, 0.05) is 43.8 Å². The Labute approximate surface area is 140 Å². The van der Waals surface area contributed by atoms with E-state index in [0.29, 0.717) is 19.0 Å². The van der Waals surface area contributed by atoms with Crippen molar-refractivity contribution in [2.24, 2.45) is 4.99 Å². The number of carbonyl (C=O) groups excluding carboxylic acids is 1. The van der Waals surface area contributed by atoms with Crippen molar-refractivity contribution in [3.05, 3.63) is 41.2 Å². The lowest BCUT2D eigenvalue weighted by Crippen LogP contribution is -2.36. The SMILES string of the molecule is O=C(CC1=CSC2=NCCCN12)N(Cc1ccncc1)C1CC1. The van der Waals surface area contributed by atoms with Crippen LogP contribution >= 0.6 is 11.8 Å². The van der Waals surface area contributed by atoms with Crippen LogP contribution in [0.25, 0.3) is 0 Å². The largest absolute Gasteiger partial charge is 0.335 e. The van der Waals surface area contributed by atoms with Gasteiger partial charge in [0.2, 0.25) is 5.91 Å². The predicted octanol–water partition coefficient (Wildman–Crippen LogP) is 2.61. The van der Waals surface area contributed by atoms with Crippen molar-refractivity contribution in [3.8, 4) is 0 Å². The minimum atomic E-state index is 0.225. The summed E-state index contributed by atoms with van der Waals surface area (Å²) in [5.41, 5.74) is 2.26. The topological polar surface area (TPSA) is 48.8 Å². The van der Waals surface area contributed by atoms with Crippen LogP contribution in [-0.4, -0.2) is 45.0 Å². The van der Waals surface area contributed by atoms with Gasteiger partial charge in [0.05, 0.1) is 6.42 Å². The van der Waals surface area contributed by atoms with Gasteiger partial charge in [-0.3, -0.25) is 14.8 Å². The third-order valence-electron chi connectivity index (χ3n) is 4.41. The third-order valence-corrected chi connectivity index (χ3v) is 5.36. The smallest absolute Gasteiger partial charge is 0.229 e.